The third kappa shape index (κ3) is 5.91. The molecule has 2 aliphatic heterocycles. The van der Waals surface area contributed by atoms with E-state index in [9.17, 15) is 0 Å². The van der Waals surface area contributed by atoms with Gasteiger partial charge in [-0.2, -0.15) is 4.98 Å². The maximum atomic E-state index is 6.16. The molecule has 1 aromatic heterocycles. The van der Waals surface area contributed by atoms with Crippen molar-refractivity contribution in [2.45, 2.75) is 19.3 Å². The van der Waals surface area contributed by atoms with Gasteiger partial charge in [0.15, 0.2) is 5.11 Å². The van der Waals surface area contributed by atoms with Crippen molar-refractivity contribution in [3.05, 3.63) is 11.2 Å². The molecular formula is C16H25ClN6OS. The highest BCUT2D eigenvalue weighted by molar-refractivity contribution is 7.80. The Bertz CT molecular complexity index is 578. The first kappa shape index (κ1) is 18.6. The van der Waals surface area contributed by atoms with E-state index in [4.69, 9.17) is 28.6 Å². The Balaban J connectivity index is 1.49. The first-order valence-corrected chi connectivity index (χ1v) is 9.64. The molecule has 0 unspecified atom stereocenters. The Kier molecular flexibility index (Phi) is 7.03. The Morgan fingerprint density at radius 2 is 1.92 bits per heavy atom. The molecule has 2 aliphatic rings. The fourth-order valence-corrected chi connectivity index (χ4v) is 3.42. The smallest absolute Gasteiger partial charge is 0.232 e. The summed E-state index contributed by atoms with van der Waals surface area (Å²) in [6.45, 7) is 7.27. The van der Waals surface area contributed by atoms with Crippen molar-refractivity contribution in [1.82, 2.24) is 20.2 Å². The van der Waals surface area contributed by atoms with E-state index >= 15 is 0 Å². The van der Waals surface area contributed by atoms with Gasteiger partial charge in [-0.15, -0.1) is 0 Å². The minimum atomic E-state index is 0.425. The van der Waals surface area contributed by atoms with Gasteiger partial charge in [0.25, 0.3) is 0 Å². The summed E-state index contributed by atoms with van der Waals surface area (Å²) < 4.78 is 5.35. The molecule has 0 spiro atoms. The van der Waals surface area contributed by atoms with Crippen molar-refractivity contribution in [3.8, 4) is 0 Å². The predicted molar refractivity (Wildman–Crippen MR) is 105 cm³/mol. The van der Waals surface area contributed by atoms with Crippen LogP contribution in [0.4, 0.5) is 11.8 Å². The molecule has 2 saturated heterocycles. The number of anilines is 2. The van der Waals surface area contributed by atoms with Gasteiger partial charge in [0, 0.05) is 45.3 Å². The van der Waals surface area contributed by atoms with Crippen LogP contribution in [0, 0.1) is 0 Å². The molecular weight excluding hydrogens is 360 g/mol. The van der Waals surface area contributed by atoms with E-state index in [-0.39, 0.29) is 0 Å². The highest BCUT2D eigenvalue weighted by atomic mass is 35.5. The van der Waals surface area contributed by atoms with Crippen molar-refractivity contribution >= 4 is 40.7 Å². The second-order valence-electron chi connectivity index (χ2n) is 6.26. The zero-order chi connectivity index (χ0) is 17.5. The number of halogens is 1. The van der Waals surface area contributed by atoms with Crippen molar-refractivity contribution in [2.24, 2.45) is 0 Å². The highest BCUT2D eigenvalue weighted by Crippen LogP contribution is 2.21. The molecule has 25 heavy (non-hydrogen) atoms. The predicted octanol–water partition coefficient (Wildman–Crippen LogP) is 1.74. The number of aromatic nitrogens is 2. The van der Waals surface area contributed by atoms with Crippen LogP contribution in [0.25, 0.3) is 0 Å². The number of piperidine rings is 1. The number of hydrogen-bond acceptors (Lipinski definition) is 6. The molecule has 3 rings (SSSR count). The highest BCUT2D eigenvalue weighted by Gasteiger charge is 2.15. The van der Waals surface area contributed by atoms with Crippen molar-refractivity contribution in [2.75, 3.05) is 62.7 Å². The summed E-state index contributed by atoms with van der Waals surface area (Å²) in [6.07, 6.45) is 3.65. The van der Waals surface area contributed by atoms with E-state index in [0.717, 1.165) is 58.3 Å². The zero-order valence-corrected chi connectivity index (χ0v) is 15.9. The fourth-order valence-electron chi connectivity index (χ4n) is 3.04. The molecule has 3 heterocycles. The Labute approximate surface area is 159 Å². The molecule has 2 fully saturated rings. The number of morpholine rings is 1. The third-order valence-electron chi connectivity index (χ3n) is 4.40. The van der Waals surface area contributed by atoms with Gasteiger partial charge in [-0.1, -0.05) is 11.6 Å². The molecule has 2 N–H and O–H groups in total. The lowest BCUT2D eigenvalue weighted by Crippen LogP contribution is -2.42. The van der Waals surface area contributed by atoms with E-state index in [0.29, 0.717) is 16.2 Å². The summed E-state index contributed by atoms with van der Waals surface area (Å²) in [5, 5.41) is 7.18. The molecule has 0 bridgehead atoms. The maximum Gasteiger partial charge on any atom is 0.232 e. The van der Waals surface area contributed by atoms with Crippen LogP contribution in [0.15, 0.2) is 6.07 Å². The summed E-state index contributed by atoms with van der Waals surface area (Å²) in [6, 6.07) is 1.81. The summed E-state index contributed by atoms with van der Waals surface area (Å²) in [5.74, 6) is 1.30. The number of nitrogens with zero attached hydrogens (tertiary/aromatic N) is 4. The molecule has 0 atom stereocenters. The van der Waals surface area contributed by atoms with E-state index in [1.807, 2.05) is 6.07 Å². The lowest BCUT2D eigenvalue weighted by atomic mass is 10.1. The van der Waals surface area contributed by atoms with Crippen LogP contribution in [0.2, 0.25) is 5.15 Å². The molecule has 0 amide bonds. The number of nitrogens with one attached hydrogen (secondary N) is 2. The molecule has 0 aliphatic carbocycles. The minimum absolute atomic E-state index is 0.425. The number of rotatable bonds is 5. The minimum Gasteiger partial charge on any atom is -0.379 e. The van der Waals surface area contributed by atoms with Crippen LogP contribution < -0.4 is 15.5 Å². The molecule has 0 radical (unpaired) electrons. The Morgan fingerprint density at radius 3 is 2.68 bits per heavy atom. The third-order valence-corrected chi connectivity index (χ3v) is 4.84. The molecule has 9 heteroatoms. The number of ether oxygens (including phenoxy) is 1. The topological polar surface area (TPSA) is 65.6 Å². The SMILES string of the molecule is S=C(NCCN1CCOCC1)Nc1nc(Cl)cc(N2CCCCC2)n1. The molecule has 138 valence electrons. The second kappa shape index (κ2) is 9.47. The van der Waals surface area contributed by atoms with Gasteiger partial charge in [0.05, 0.1) is 13.2 Å². The Morgan fingerprint density at radius 1 is 1.16 bits per heavy atom. The van der Waals surface area contributed by atoms with Crippen LogP contribution in [-0.4, -0.2) is 72.5 Å². The average Bonchev–Trinajstić information content (AvgIpc) is 2.63. The summed E-state index contributed by atoms with van der Waals surface area (Å²) in [4.78, 5) is 13.4. The van der Waals surface area contributed by atoms with Crippen LogP contribution in [-0.2, 0) is 4.74 Å². The van der Waals surface area contributed by atoms with Crippen LogP contribution in [0.3, 0.4) is 0 Å². The molecule has 0 saturated carbocycles. The summed E-state index contributed by atoms with van der Waals surface area (Å²) in [5.41, 5.74) is 0. The summed E-state index contributed by atoms with van der Waals surface area (Å²) in [7, 11) is 0. The second-order valence-corrected chi connectivity index (χ2v) is 7.05. The van der Waals surface area contributed by atoms with Gasteiger partial charge in [0.2, 0.25) is 5.95 Å². The first-order valence-electron chi connectivity index (χ1n) is 8.85. The van der Waals surface area contributed by atoms with Crippen molar-refractivity contribution < 1.29 is 4.74 Å². The average molecular weight is 385 g/mol. The van der Waals surface area contributed by atoms with Gasteiger partial charge >= 0.3 is 0 Å². The van der Waals surface area contributed by atoms with Crippen LogP contribution in [0.1, 0.15) is 19.3 Å². The maximum absolute atomic E-state index is 6.16. The van der Waals surface area contributed by atoms with Gasteiger partial charge in [-0.25, -0.2) is 4.98 Å². The van der Waals surface area contributed by atoms with Crippen LogP contribution >= 0.6 is 23.8 Å². The van der Waals surface area contributed by atoms with E-state index < -0.39 is 0 Å². The number of hydrogen-bond donors (Lipinski definition) is 2. The van der Waals surface area contributed by atoms with Gasteiger partial charge in [-0.3, -0.25) is 4.90 Å². The van der Waals surface area contributed by atoms with Gasteiger partial charge in [-0.05, 0) is 31.5 Å². The van der Waals surface area contributed by atoms with Crippen molar-refractivity contribution in [3.63, 3.8) is 0 Å². The first-order chi connectivity index (χ1) is 12.2. The van der Waals surface area contributed by atoms with E-state index in [1.165, 1.54) is 19.3 Å². The fraction of sp³-hybridized carbons (Fsp3) is 0.688. The number of thiocarbonyl (C=S) groups is 1. The normalized spacial score (nSPS) is 18.8. The quantitative estimate of drug-likeness (QED) is 0.588. The zero-order valence-electron chi connectivity index (χ0n) is 14.3. The lowest BCUT2D eigenvalue weighted by molar-refractivity contribution is 0.0389. The molecule has 7 nitrogen and oxygen atoms in total. The van der Waals surface area contributed by atoms with E-state index in [1.54, 1.807) is 0 Å². The standard InChI is InChI=1S/C16H25ClN6OS/c17-13-12-14(23-5-2-1-3-6-23)20-15(19-13)21-16(25)18-4-7-22-8-10-24-11-9-22/h12H,1-11H2,(H2,18,19,20,21,25). The Hall–Kier alpha value is -1.22. The summed E-state index contributed by atoms with van der Waals surface area (Å²) >= 11 is 11.5. The van der Waals surface area contributed by atoms with E-state index in [2.05, 4.69) is 30.4 Å². The monoisotopic (exact) mass is 384 g/mol. The molecule has 1 aromatic rings. The molecule has 0 aromatic carbocycles. The largest absolute Gasteiger partial charge is 0.379 e. The van der Waals surface area contributed by atoms with Gasteiger partial charge in [0.1, 0.15) is 11.0 Å². The van der Waals surface area contributed by atoms with Crippen molar-refractivity contribution in [1.29, 1.82) is 0 Å². The lowest BCUT2D eigenvalue weighted by Gasteiger charge is -2.28. The van der Waals surface area contributed by atoms with Gasteiger partial charge < -0.3 is 20.3 Å². The van der Waals surface area contributed by atoms with Crippen LogP contribution in [0.5, 0.6) is 0 Å².